The Labute approximate surface area is 235 Å². The predicted octanol–water partition coefficient (Wildman–Crippen LogP) is 0.595. The Hall–Kier alpha value is -1.50. The van der Waals surface area contributed by atoms with Gasteiger partial charge in [0, 0.05) is 45.0 Å². The largest absolute Gasteiger partial charge is 0.356 e. The zero-order valence-electron chi connectivity index (χ0n) is 23.6. The molecule has 1 aliphatic carbocycles. The van der Waals surface area contributed by atoms with Crippen molar-refractivity contribution in [2.75, 3.05) is 39.3 Å². The molecule has 1 amide bonds. The molecule has 7 N–H and O–H groups in total. The molecule has 40 heavy (non-hydrogen) atoms. The van der Waals surface area contributed by atoms with Crippen molar-refractivity contribution in [3.8, 4) is 0 Å². The van der Waals surface area contributed by atoms with Crippen molar-refractivity contribution < 1.29 is 23.4 Å². The van der Waals surface area contributed by atoms with Crippen LogP contribution in [0.2, 0.25) is 0 Å². The number of alkyl halides is 1. The monoisotopic (exact) mass is 567 g/mol. The molecular formula is C28H47F2N7O3. The van der Waals surface area contributed by atoms with Gasteiger partial charge in [-0.3, -0.25) is 9.69 Å². The molecule has 9 atom stereocenters. The van der Waals surface area contributed by atoms with E-state index in [4.69, 9.17) is 16.2 Å². The number of nitrogens with two attached hydrogens (primary N) is 2. The van der Waals surface area contributed by atoms with Crippen molar-refractivity contribution in [2.45, 2.75) is 101 Å². The van der Waals surface area contributed by atoms with E-state index in [1.165, 1.54) is 6.42 Å². The molecule has 0 aromatic carbocycles. The molecule has 4 heterocycles. The number of hydrogen-bond acceptors (Lipinski definition) is 9. The molecule has 8 unspecified atom stereocenters. The maximum atomic E-state index is 15.4. The van der Waals surface area contributed by atoms with Crippen LogP contribution in [0.25, 0.3) is 0 Å². The molecule has 0 spiro atoms. The fourth-order valence-electron chi connectivity index (χ4n) is 7.64. The molecular weight excluding hydrogens is 520 g/mol. The number of piperidine rings is 1. The standard InChI is InChI=1S/C28H47F2N7O3/c1-2-3-4-5-6-28-10-17(28)9-18(29)12-34-21(11-28)23(25(31)32)26(38)35-22-14-33-13-20(30)24(22)36-7-8-37-19(15-36)16-40-27(37)39/h17,19-25,27,33,39H,2-11,13-16,31-32H2,1H3,(H,35,38)/t17?,19-,20?,21?,22?,23?,24?,27?,28?/m0/s1. The second kappa shape index (κ2) is 12.8. The van der Waals surface area contributed by atoms with E-state index in [0.717, 1.165) is 32.1 Å². The van der Waals surface area contributed by atoms with Crippen LogP contribution < -0.4 is 22.1 Å². The van der Waals surface area contributed by atoms with Crippen LogP contribution in [0.15, 0.2) is 10.8 Å². The van der Waals surface area contributed by atoms with Gasteiger partial charge in [0.25, 0.3) is 0 Å². The molecule has 12 heteroatoms. The first-order chi connectivity index (χ1) is 19.2. The van der Waals surface area contributed by atoms with Gasteiger partial charge >= 0.3 is 0 Å². The summed E-state index contributed by atoms with van der Waals surface area (Å²) in [6, 6.07) is -1.69. The molecule has 4 fully saturated rings. The maximum absolute atomic E-state index is 15.4. The van der Waals surface area contributed by atoms with Crippen molar-refractivity contribution in [2.24, 2.45) is 33.7 Å². The average Bonchev–Trinajstić information content (AvgIpc) is 3.41. The average molecular weight is 568 g/mol. The van der Waals surface area contributed by atoms with Crippen molar-refractivity contribution in [1.29, 1.82) is 0 Å². The Bertz CT molecular complexity index is 966. The summed E-state index contributed by atoms with van der Waals surface area (Å²) < 4.78 is 35.4. The fraction of sp³-hybridized carbons (Fsp3) is 0.893. The van der Waals surface area contributed by atoms with Crippen molar-refractivity contribution in [1.82, 2.24) is 20.4 Å². The van der Waals surface area contributed by atoms with Crippen molar-refractivity contribution in [3.63, 3.8) is 0 Å². The van der Waals surface area contributed by atoms with Gasteiger partial charge in [-0.05, 0) is 30.6 Å². The minimum Gasteiger partial charge on any atom is -0.356 e. The van der Waals surface area contributed by atoms with Crippen LogP contribution in [0.4, 0.5) is 8.78 Å². The predicted molar refractivity (Wildman–Crippen MR) is 148 cm³/mol. The van der Waals surface area contributed by atoms with E-state index in [9.17, 15) is 14.3 Å². The smallest absolute Gasteiger partial charge is 0.228 e. The van der Waals surface area contributed by atoms with E-state index in [-0.39, 0.29) is 35.7 Å². The molecule has 10 nitrogen and oxygen atoms in total. The van der Waals surface area contributed by atoms with E-state index < -0.39 is 42.8 Å². The van der Waals surface area contributed by atoms with Crippen molar-refractivity contribution >= 4 is 11.8 Å². The number of carbonyl (C=O) groups excluding carboxylic acids is 1. The summed E-state index contributed by atoms with van der Waals surface area (Å²) >= 11 is 0. The second-order valence-electron chi connectivity index (χ2n) is 12.6. The highest BCUT2D eigenvalue weighted by Gasteiger charge is 2.56. The molecule has 3 saturated heterocycles. The van der Waals surface area contributed by atoms with E-state index in [1.807, 2.05) is 4.90 Å². The van der Waals surface area contributed by atoms with Crippen molar-refractivity contribution in [3.05, 3.63) is 5.83 Å². The van der Waals surface area contributed by atoms with Gasteiger partial charge in [-0.15, -0.1) is 0 Å². The number of carbonyl (C=O) groups is 1. The van der Waals surface area contributed by atoms with Gasteiger partial charge in [0.05, 0.1) is 42.9 Å². The first-order valence-electron chi connectivity index (χ1n) is 15.2. The number of nitrogens with one attached hydrogen (secondary N) is 2. The number of unbranched alkanes of at least 4 members (excludes halogenated alkanes) is 3. The summed E-state index contributed by atoms with van der Waals surface area (Å²) in [7, 11) is 0. The minimum atomic E-state index is -1.20. The molecule has 0 bridgehead atoms. The molecule has 0 radical (unpaired) electrons. The zero-order chi connectivity index (χ0) is 28.4. The summed E-state index contributed by atoms with van der Waals surface area (Å²) in [4.78, 5) is 22.2. The lowest BCUT2D eigenvalue weighted by Crippen LogP contribution is -2.69. The number of aliphatic hydroxyl groups excluding tert-OH is 1. The van der Waals surface area contributed by atoms with Crippen LogP contribution in [-0.2, 0) is 9.53 Å². The molecule has 1 saturated carbocycles. The molecule has 0 aromatic rings. The number of aliphatic imine (C=N–C) groups is 1. The van der Waals surface area contributed by atoms with Gasteiger partial charge in [-0.1, -0.05) is 32.6 Å². The summed E-state index contributed by atoms with van der Waals surface area (Å²) in [6.07, 6.45) is 4.26. The number of ether oxygens (including phenoxy) is 1. The van der Waals surface area contributed by atoms with E-state index in [1.54, 1.807) is 0 Å². The van der Waals surface area contributed by atoms with Gasteiger partial charge in [0.15, 0.2) is 5.83 Å². The van der Waals surface area contributed by atoms with Gasteiger partial charge in [-0.25, -0.2) is 18.7 Å². The highest BCUT2D eigenvalue weighted by molar-refractivity contribution is 5.81. The Morgan fingerprint density at radius 1 is 1.30 bits per heavy atom. The molecule has 0 aromatic heterocycles. The SMILES string of the molecule is CCCCCCC12CC(C(C(=O)NC3CNCC(F)C3N3CCN4C(O)OC[C@@H]4C3)C(N)N)N=C=C(F)CC1C2. The summed E-state index contributed by atoms with van der Waals surface area (Å²) in [6.45, 7) is 4.79. The number of aliphatic hydroxyl groups is 1. The van der Waals surface area contributed by atoms with E-state index >= 15 is 4.39 Å². The molecule has 5 rings (SSSR count). The van der Waals surface area contributed by atoms with Crippen LogP contribution in [-0.4, -0.2) is 109 Å². The van der Waals surface area contributed by atoms with Crippen LogP contribution in [0.3, 0.4) is 0 Å². The second-order valence-corrected chi connectivity index (χ2v) is 12.6. The Morgan fingerprint density at radius 2 is 2.12 bits per heavy atom. The van der Waals surface area contributed by atoms with E-state index in [0.29, 0.717) is 45.6 Å². The number of nitrogens with zero attached hydrogens (tertiary/aromatic N) is 3. The third-order valence-electron chi connectivity index (χ3n) is 9.93. The lowest BCUT2D eigenvalue weighted by atomic mass is 9.81. The quantitative estimate of drug-likeness (QED) is 0.191. The zero-order valence-corrected chi connectivity index (χ0v) is 23.6. The summed E-state index contributed by atoms with van der Waals surface area (Å²) in [5.74, 6) is 1.12. The summed E-state index contributed by atoms with van der Waals surface area (Å²) in [5, 5.41) is 16.2. The lowest BCUT2D eigenvalue weighted by Gasteiger charge is -2.47. The van der Waals surface area contributed by atoms with Gasteiger partial charge in [-0.2, -0.15) is 0 Å². The van der Waals surface area contributed by atoms with Gasteiger partial charge in [0.1, 0.15) is 6.17 Å². The Kier molecular flexibility index (Phi) is 9.58. The normalized spacial score (nSPS) is 39.2. The third kappa shape index (κ3) is 6.44. The Balaban J connectivity index is 1.30. The first-order valence-corrected chi connectivity index (χ1v) is 15.2. The topological polar surface area (TPSA) is 141 Å². The summed E-state index contributed by atoms with van der Waals surface area (Å²) in [5.41, 5.74) is 12.3. The maximum Gasteiger partial charge on any atom is 0.228 e. The number of piperazine rings is 1. The van der Waals surface area contributed by atoms with Crippen LogP contribution in [0, 0.1) is 17.3 Å². The Morgan fingerprint density at radius 3 is 2.90 bits per heavy atom. The molecule has 5 aliphatic rings. The third-order valence-corrected chi connectivity index (χ3v) is 9.93. The van der Waals surface area contributed by atoms with Gasteiger partial charge in [0.2, 0.25) is 12.3 Å². The first kappa shape index (κ1) is 30.0. The highest BCUT2D eigenvalue weighted by atomic mass is 19.1. The number of amides is 1. The lowest BCUT2D eigenvalue weighted by molar-refractivity contribution is -0.144. The van der Waals surface area contributed by atoms with Crippen LogP contribution >= 0.6 is 0 Å². The number of allylic oxidation sites excluding steroid dienone is 1. The number of halogens is 2. The van der Waals surface area contributed by atoms with Crippen LogP contribution in [0.5, 0.6) is 0 Å². The molecule has 226 valence electrons. The number of hydrogen-bond donors (Lipinski definition) is 5. The number of fused-ring (bicyclic) bond motifs is 2. The fourth-order valence-corrected chi connectivity index (χ4v) is 7.64. The minimum absolute atomic E-state index is 0.0293. The molecule has 4 aliphatic heterocycles. The van der Waals surface area contributed by atoms with Crippen LogP contribution in [0.1, 0.15) is 58.3 Å². The highest BCUT2D eigenvalue weighted by Crippen LogP contribution is 2.62. The van der Waals surface area contributed by atoms with E-state index in [2.05, 4.69) is 33.3 Å². The van der Waals surface area contributed by atoms with Gasteiger partial charge < -0.3 is 31.9 Å². The number of rotatable bonds is 10.